The minimum absolute atomic E-state index is 0.0312. The number of rotatable bonds is 4. The summed E-state index contributed by atoms with van der Waals surface area (Å²) < 4.78 is 18.0. The third kappa shape index (κ3) is 3.21. The van der Waals surface area contributed by atoms with Crippen molar-refractivity contribution in [3.8, 4) is 0 Å². The van der Waals surface area contributed by atoms with Crippen molar-refractivity contribution in [1.82, 2.24) is 0 Å². The Labute approximate surface area is 134 Å². The van der Waals surface area contributed by atoms with E-state index in [1.54, 1.807) is 60.7 Å². The molecule has 0 radical (unpaired) electrons. The molecular formula is C17H11BO5. The molecule has 0 atom stereocenters. The third-order valence-corrected chi connectivity index (χ3v) is 3.20. The summed E-state index contributed by atoms with van der Waals surface area (Å²) in [6, 6.07) is 16.3. The number of benzene rings is 2. The Morgan fingerprint density at radius 3 is 1.87 bits per heavy atom. The highest BCUT2D eigenvalue weighted by Gasteiger charge is 2.44. The van der Waals surface area contributed by atoms with Crippen LogP contribution in [0.5, 0.6) is 0 Å². The summed E-state index contributed by atoms with van der Waals surface area (Å²) >= 11 is 0. The second kappa shape index (κ2) is 6.31. The van der Waals surface area contributed by atoms with E-state index in [4.69, 9.17) is 10.7 Å². The summed E-state index contributed by atoms with van der Waals surface area (Å²) in [5.41, 5.74) is 0.800. The van der Waals surface area contributed by atoms with Crippen LogP contribution in [0.3, 0.4) is 0 Å². The maximum Gasteiger partial charge on any atom is 0.638 e. The van der Waals surface area contributed by atoms with E-state index in [1.807, 2.05) is 0 Å². The van der Waals surface area contributed by atoms with Gasteiger partial charge < -0.3 is 9.31 Å². The second-order valence-electron chi connectivity index (χ2n) is 4.74. The average molecular weight is 307 g/mol. The molecule has 6 heteroatoms. The van der Waals surface area contributed by atoms with Crippen molar-refractivity contribution in [2.24, 2.45) is 0 Å². The number of hydrogen-bond donors (Lipinski definition) is 0. The normalized spacial score (nSPS) is 15.5. The molecule has 1 fully saturated rings. The van der Waals surface area contributed by atoms with Crippen molar-refractivity contribution in [2.45, 2.75) is 0 Å². The molecule has 5 nitrogen and oxygen atoms in total. The lowest BCUT2D eigenvalue weighted by Gasteiger charge is -2.08. The van der Waals surface area contributed by atoms with Crippen LogP contribution < -0.4 is 0 Å². The highest BCUT2D eigenvalue weighted by atomic mass is 16.7. The van der Waals surface area contributed by atoms with Crippen molar-refractivity contribution in [2.75, 3.05) is 0 Å². The van der Waals surface area contributed by atoms with E-state index >= 15 is 0 Å². The van der Waals surface area contributed by atoms with E-state index in [-0.39, 0.29) is 5.47 Å². The van der Waals surface area contributed by atoms with Gasteiger partial charge in [0.25, 0.3) is 0 Å². The molecule has 0 saturated carbocycles. The molecule has 0 amide bonds. The van der Waals surface area contributed by atoms with Gasteiger partial charge in [0, 0.05) is 11.0 Å². The predicted molar refractivity (Wildman–Crippen MR) is 83.1 cm³/mol. The molecule has 2 aromatic carbocycles. The van der Waals surface area contributed by atoms with Gasteiger partial charge in [0.1, 0.15) is 0 Å². The van der Waals surface area contributed by atoms with Crippen LogP contribution in [0.15, 0.2) is 66.7 Å². The molecule has 1 heterocycles. The third-order valence-electron chi connectivity index (χ3n) is 3.20. The second-order valence-corrected chi connectivity index (χ2v) is 4.74. The highest BCUT2D eigenvalue weighted by Crippen LogP contribution is 2.23. The summed E-state index contributed by atoms with van der Waals surface area (Å²) in [6.45, 7) is 0. The van der Waals surface area contributed by atoms with Crippen LogP contribution in [0, 0.1) is 0 Å². The molecule has 2 aromatic rings. The molecule has 0 N–H and O–H groups in total. The lowest BCUT2D eigenvalue weighted by atomic mass is 9.73. The van der Waals surface area contributed by atoms with Gasteiger partial charge in [-0.2, -0.15) is 0 Å². The lowest BCUT2D eigenvalue weighted by Crippen LogP contribution is -2.19. The topological polar surface area (TPSA) is 69.7 Å². The number of allylic oxidation sites excluding steroid dienone is 1. The Hall–Kier alpha value is -3.15. The van der Waals surface area contributed by atoms with Gasteiger partial charge in [0.2, 0.25) is 0 Å². The number of carbonyl (C=O) groups is 3. The summed E-state index contributed by atoms with van der Waals surface area (Å²) in [6.07, 6.45) is 0. The molecule has 1 aliphatic heterocycles. The highest BCUT2D eigenvalue weighted by molar-refractivity contribution is 6.76. The summed E-state index contributed by atoms with van der Waals surface area (Å²) in [4.78, 5) is 35.2. The van der Waals surface area contributed by atoms with Crippen molar-refractivity contribution in [3.63, 3.8) is 0 Å². The summed E-state index contributed by atoms with van der Waals surface area (Å²) in [7, 11) is -1.41. The number of carbonyl (C=O) groups excluding carboxylic acids is 3. The van der Waals surface area contributed by atoms with E-state index in [0.29, 0.717) is 11.1 Å². The molecular weight excluding hydrogens is 295 g/mol. The molecule has 3 rings (SSSR count). The first kappa shape index (κ1) is 13.5. The average Bonchev–Trinajstić information content (AvgIpc) is 2.94. The van der Waals surface area contributed by atoms with Crippen molar-refractivity contribution < 1.29 is 25.1 Å². The van der Waals surface area contributed by atoms with Crippen LogP contribution in [-0.2, 0) is 18.9 Å². The van der Waals surface area contributed by atoms with Crippen LogP contribution in [-0.4, -0.2) is 24.8 Å². The van der Waals surface area contributed by atoms with Crippen molar-refractivity contribution in [1.29, 1.82) is 0 Å². The van der Waals surface area contributed by atoms with Gasteiger partial charge in [-0.3, -0.25) is 4.79 Å². The van der Waals surface area contributed by atoms with Gasteiger partial charge >= 0.3 is 19.1 Å². The zero-order valence-corrected chi connectivity index (χ0v) is 11.9. The minimum atomic E-state index is -1.41. The van der Waals surface area contributed by atoms with E-state index in [2.05, 4.69) is 0 Å². The molecule has 0 aliphatic carbocycles. The number of ketones is 1. The summed E-state index contributed by atoms with van der Waals surface area (Å²) in [5, 5.41) is 0. The smallest absolute Gasteiger partial charge is 0.487 e. The Morgan fingerprint density at radius 2 is 1.35 bits per heavy atom. The zero-order chi connectivity index (χ0) is 17.1. The van der Waals surface area contributed by atoms with E-state index in [9.17, 15) is 14.4 Å². The first-order valence-electron chi connectivity index (χ1n) is 7.35. The molecule has 0 spiro atoms. The molecule has 112 valence electrons. The molecule has 1 aliphatic rings. The maximum atomic E-state index is 12.6. The Morgan fingerprint density at radius 1 is 0.870 bits per heavy atom. The fourth-order valence-electron chi connectivity index (χ4n) is 2.10. The zero-order valence-electron chi connectivity index (χ0n) is 12.9. The quantitative estimate of drug-likeness (QED) is 0.374. The van der Waals surface area contributed by atoms with E-state index in [1.165, 1.54) is 0 Å². The van der Waals surface area contributed by atoms with Crippen LogP contribution >= 0.6 is 0 Å². The predicted octanol–water partition coefficient (Wildman–Crippen LogP) is 2.08. The van der Waals surface area contributed by atoms with Crippen LogP contribution in [0.2, 0.25) is 0 Å². The van der Waals surface area contributed by atoms with Gasteiger partial charge in [-0.1, -0.05) is 60.7 Å². The van der Waals surface area contributed by atoms with Crippen LogP contribution in [0.1, 0.15) is 17.3 Å². The monoisotopic (exact) mass is 307 g/mol. The molecule has 0 unspecified atom stereocenters. The van der Waals surface area contributed by atoms with Crippen molar-refractivity contribution >= 4 is 30.3 Å². The van der Waals surface area contributed by atoms with Crippen molar-refractivity contribution in [3.05, 3.63) is 77.8 Å². The Balaban J connectivity index is 2.08. The minimum Gasteiger partial charge on any atom is -0.487 e. The fourth-order valence-corrected chi connectivity index (χ4v) is 2.10. The number of hydrogen-bond acceptors (Lipinski definition) is 5. The van der Waals surface area contributed by atoms with Gasteiger partial charge in [-0.25, -0.2) is 9.59 Å². The largest absolute Gasteiger partial charge is 0.638 e. The van der Waals surface area contributed by atoms with Gasteiger partial charge in [0.15, 0.2) is 5.78 Å². The van der Waals surface area contributed by atoms with Crippen LogP contribution in [0.4, 0.5) is 0 Å². The SMILES string of the molecule is [2H]/C(C(=O)c1ccccc1)=C(\B1OC(=O)C(=O)O1)c1ccccc1. The van der Waals surface area contributed by atoms with E-state index in [0.717, 1.165) is 0 Å². The maximum absolute atomic E-state index is 12.6. The fraction of sp³-hybridized carbons (Fsp3) is 0. The van der Waals surface area contributed by atoms with E-state index < -0.39 is 30.9 Å². The molecule has 0 bridgehead atoms. The lowest BCUT2D eigenvalue weighted by molar-refractivity contribution is -0.150. The molecule has 1 saturated heterocycles. The Kier molecular flexibility index (Phi) is 3.71. The summed E-state index contributed by atoms with van der Waals surface area (Å²) in [5.74, 6) is -2.85. The standard InChI is InChI=1S/C17H11BO5/c19-15(13-9-5-2-6-10-13)11-14(12-7-3-1-4-8-12)18-22-16(20)17(21)23-18/h1-11H/b14-11+/i11D. The first-order valence-corrected chi connectivity index (χ1v) is 6.85. The van der Waals surface area contributed by atoms with Gasteiger partial charge in [0.05, 0.1) is 1.37 Å². The Bertz CT molecular complexity index is 817. The first-order chi connectivity index (χ1) is 11.6. The van der Waals surface area contributed by atoms with Gasteiger partial charge in [-0.05, 0) is 11.6 Å². The molecule has 23 heavy (non-hydrogen) atoms. The van der Waals surface area contributed by atoms with Gasteiger partial charge in [-0.15, -0.1) is 0 Å². The van der Waals surface area contributed by atoms with Crippen LogP contribution in [0.25, 0.3) is 5.47 Å². The molecule has 0 aromatic heterocycles.